The fourth-order valence-electron chi connectivity index (χ4n) is 2.15. The lowest BCUT2D eigenvalue weighted by Gasteiger charge is -2.35. The fourth-order valence-corrected chi connectivity index (χ4v) is 2.36. The molecule has 0 amide bonds. The van der Waals surface area contributed by atoms with Crippen molar-refractivity contribution >= 4 is 23.4 Å². The van der Waals surface area contributed by atoms with E-state index in [1.54, 1.807) is 6.20 Å². The summed E-state index contributed by atoms with van der Waals surface area (Å²) in [6, 6.07) is 0. The molecule has 0 radical (unpaired) electrons. The number of hydrogen-bond acceptors (Lipinski definition) is 5. The Morgan fingerprint density at radius 3 is 3.06 bits per heavy atom. The van der Waals surface area contributed by atoms with E-state index in [9.17, 15) is 5.11 Å². The molecule has 1 aromatic rings. The summed E-state index contributed by atoms with van der Waals surface area (Å²) in [5, 5.41) is 13.4. The number of halogens is 1. The summed E-state index contributed by atoms with van der Waals surface area (Å²) < 4.78 is 0. The fraction of sp³-hybridized carbons (Fsp3) is 0.667. The van der Waals surface area contributed by atoms with Crippen molar-refractivity contribution in [1.82, 2.24) is 9.97 Å². The van der Waals surface area contributed by atoms with E-state index in [4.69, 9.17) is 11.6 Å². The van der Waals surface area contributed by atoms with E-state index in [1.165, 1.54) is 0 Å². The monoisotopic (exact) mass is 270 g/mol. The van der Waals surface area contributed by atoms with Crippen molar-refractivity contribution < 1.29 is 5.11 Å². The third-order valence-electron chi connectivity index (χ3n) is 3.22. The lowest BCUT2D eigenvalue weighted by molar-refractivity contribution is 0.0969. The van der Waals surface area contributed by atoms with Crippen LogP contribution in [0.3, 0.4) is 0 Å². The smallest absolute Gasteiger partial charge is 0.224 e. The number of piperidine rings is 1. The zero-order valence-electron chi connectivity index (χ0n) is 10.7. The van der Waals surface area contributed by atoms with Crippen LogP contribution >= 0.6 is 11.6 Å². The van der Waals surface area contributed by atoms with Crippen LogP contribution in [0.15, 0.2) is 6.20 Å². The maximum atomic E-state index is 9.75. The van der Waals surface area contributed by atoms with Crippen molar-refractivity contribution in [3.8, 4) is 0 Å². The molecule has 100 valence electrons. The summed E-state index contributed by atoms with van der Waals surface area (Å²) in [7, 11) is 0. The first kappa shape index (κ1) is 13.4. The summed E-state index contributed by atoms with van der Waals surface area (Å²) in [5.74, 6) is 1.57. The van der Waals surface area contributed by atoms with E-state index >= 15 is 0 Å². The average Bonchev–Trinajstić information content (AvgIpc) is 2.35. The zero-order valence-corrected chi connectivity index (χ0v) is 11.5. The van der Waals surface area contributed by atoms with Gasteiger partial charge in [0.15, 0.2) is 5.82 Å². The number of aromatic nitrogens is 2. The Hall–Kier alpha value is -1.07. The molecule has 1 aromatic heterocycles. The van der Waals surface area contributed by atoms with Crippen LogP contribution in [0.2, 0.25) is 5.02 Å². The van der Waals surface area contributed by atoms with Gasteiger partial charge in [0.05, 0.1) is 12.3 Å². The number of aliphatic hydroxyl groups excluding tert-OH is 1. The summed E-state index contributed by atoms with van der Waals surface area (Å²) in [6.45, 7) is 6.35. The maximum absolute atomic E-state index is 9.75. The van der Waals surface area contributed by atoms with Gasteiger partial charge in [-0.15, -0.1) is 0 Å². The van der Waals surface area contributed by atoms with Crippen LogP contribution < -0.4 is 10.2 Å². The van der Waals surface area contributed by atoms with E-state index in [0.29, 0.717) is 11.0 Å². The largest absolute Gasteiger partial charge is 0.393 e. The number of hydrogen-bond donors (Lipinski definition) is 2. The van der Waals surface area contributed by atoms with E-state index in [2.05, 4.69) is 20.2 Å². The zero-order chi connectivity index (χ0) is 13.1. The highest BCUT2D eigenvalue weighted by molar-refractivity contribution is 6.32. The first-order chi connectivity index (χ1) is 8.61. The van der Waals surface area contributed by atoms with Crippen molar-refractivity contribution in [1.29, 1.82) is 0 Å². The quantitative estimate of drug-likeness (QED) is 0.877. The molecule has 0 aromatic carbocycles. The highest BCUT2D eigenvalue weighted by Gasteiger charge is 2.26. The summed E-state index contributed by atoms with van der Waals surface area (Å²) in [4.78, 5) is 10.7. The van der Waals surface area contributed by atoms with Gasteiger partial charge in [-0.3, -0.25) is 0 Å². The van der Waals surface area contributed by atoms with Gasteiger partial charge in [0.1, 0.15) is 5.02 Å². The topological polar surface area (TPSA) is 61.3 Å². The van der Waals surface area contributed by atoms with E-state index in [0.717, 1.165) is 31.9 Å². The Kier molecular flexibility index (Phi) is 4.24. The van der Waals surface area contributed by atoms with Gasteiger partial charge in [0, 0.05) is 19.6 Å². The minimum atomic E-state index is -0.227. The number of nitrogens with zero attached hydrogens (tertiary/aromatic N) is 3. The molecule has 1 aliphatic heterocycles. The average molecular weight is 271 g/mol. The van der Waals surface area contributed by atoms with E-state index < -0.39 is 0 Å². The second-order valence-corrected chi connectivity index (χ2v) is 5.08. The molecule has 0 spiro atoms. The predicted octanol–water partition coefficient (Wildman–Crippen LogP) is 1.77. The molecule has 1 aliphatic rings. The lowest BCUT2D eigenvalue weighted by atomic mass is 9.97. The van der Waals surface area contributed by atoms with Gasteiger partial charge in [-0.25, -0.2) is 4.98 Å². The predicted molar refractivity (Wildman–Crippen MR) is 73.2 cm³/mol. The summed E-state index contributed by atoms with van der Waals surface area (Å²) in [6.07, 6.45) is 2.14. The molecule has 1 fully saturated rings. The van der Waals surface area contributed by atoms with Gasteiger partial charge in [-0.1, -0.05) is 18.5 Å². The Morgan fingerprint density at radius 1 is 1.61 bits per heavy atom. The third kappa shape index (κ3) is 2.84. The van der Waals surface area contributed by atoms with E-state index in [1.807, 2.05) is 13.8 Å². The standard InChI is InChI=1S/C12H19ClN4O/c1-3-14-12-15-6-9(13)11(16-12)17-5-4-10(18)8(2)7-17/h6,8,10,18H,3-5,7H2,1-2H3,(H,14,15,16). The minimum absolute atomic E-state index is 0.227. The van der Waals surface area contributed by atoms with Gasteiger partial charge in [-0.2, -0.15) is 4.98 Å². The third-order valence-corrected chi connectivity index (χ3v) is 3.49. The van der Waals surface area contributed by atoms with Gasteiger partial charge in [0.25, 0.3) is 0 Å². The highest BCUT2D eigenvalue weighted by Crippen LogP contribution is 2.28. The number of nitrogens with one attached hydrogen (secondary N) is 1. The van der Waals surface area contributed by atoms with Gasteiger partial charge in [0.2, 0.25) is 5.95 Å². The van der Waals surface area contributed by atoms with Crippen molar-refractivity contribution in [2.24, 2.45) is 5.92 Å². The second kappa shape index (κ2) is 5.71. The second-order valence-electron chi connectivity index (χ2n) is 4.67. The van der Waals surface area contributed by atoms with Crippen molar-refractivity contribution in [2.45, 2.75) is 26.4 Å². The van der Waals surface area contributed by atoms with Crippen LogP contribution in [0.25, 0.3) is 0 Å². The van der Waals surface area contributed by atoms with Crippen molar-refractivity contribution in [2.75, 3.05) is 29.9 Å². The SMILES string of the molecule is CCNc1ncc(Cl)c(N2CCC(O)C(C)C2)n1. The molecule has 2 unspecified atom stereocenters. The maximum Gasteiger partial charge on any atom is 0.224 e. The summed E-state index contributed by atoms with van der Waals surface area (Å²) >= 11 is 6.16. The normalized spacial score (nSPS) is 24.1. The molecule has 1 saturated heterocycles. The van der Waals surface area contributed by atoms with Crippen molar-refractivity contribution in [3.63, 3.8) is 0 Å². The molecular formula is C12H19ClN4O. The van der Waals surface area contributed by atoms with Gasteiger partial charge < -0.3 is 15.3 Å². The van der Waals surface area contributed by atoms with Gasteiger partial charge in [-0.05, 0) is 19.3 Å². The molecule has 0 aliphatic carbocycles. The Morgan fingerprint density at radius 2 is 2.39 bits per heavy atom. The molecule has 18 heavy (non-hydrogen) atoms. The van der Waals surface area contributed by atoms with E-state index in [-0.39, 0.29) is 12.0 Å². The molecule has 0 bridgehead atoms. The Labute approximate surface area is 112 Å². The van der Waals surface area contributed by atoms with Crippen LogP contribution in [-0.2, 0) is 0 Å². The minimum Gasteiger partial charge on any atom is -0.393 e. The van der Waals surface area contributed by atoms with Crippen LogP contribution in [0.5, 0.6) is 0 Å². The van der Waals surface area contributed by atoms with Crippen LogP contribution in [0.1, 0.15) is 20.3 Å². The molecule has 2 rings (SSSR count). The number of anilines is 2. The number of rotatable bonds is 3. The first-order valence-electron chi connectivity index (χ1n) is 6.31. The van der Waals surface area contributed by atoms with Crippen LogP contribution in [0.4, 0.5) is 11.8 Å². The van der Waals surface area contributed by atoms with Crippen molar-refractivity contribution in [3.05, 3.63) is 11.2 Å². The Bertz CT molecular complexity index is 415. The number of aliphatic hydroxyl groups is 1. The first-order valence-corrected chi connectivity index (χ1v) is 6.69. The molecular weight excluding hydrogens is 252 g/mol. The molecule has 2 heterocycles. The Balaban J connectivity index is 2.19. The summed E-state index contributed by atoms with van der Waals surface area (Å²) in [5.41, 5.74) is 0. The van der Waals surface area contributed by atoms with Crippen LogP contribution in [-0.4, -0.2) is 40.8 Å². The molecule has 5 nitrogen and oxygen atoms in total. The molecule has 6 heteroatoms. The molecule has 2 N–H and O–H groups in total. The molecule has 2 atom stereocenters. The van der Waals surface area contributed by atoms with Gasteiger partial charge >= 0.3 is 0 Å². The lowest BCUT2D eigenvalue weighted by Crippen LogP contribution is -2.42. The highest BCUT2D eigenvalue weighted by atomic mass is 35.5. The molecule has 0 saturated carbocycles. The van der Waals surface area contributed by atoms with Crippen LogP contribution in [0, 0.1) is 5.92 Å².